The molecule has 0 radical (unpaired) electrons. The topological polar surface area (TPSA) is 107 Å². The van der Waals surface area contributed by atoms with Crippen LogP contribution in [-0.2, 0) is 16.0 Å². The molecule has 8 nitrogen and oxygen atoms in total. The normalized spacial score (nSPS) is 16.8. The molecule has 1 atom stereocenters. The van der Waals surface area contributed by atoms with Crippen LogP contribution in [0.3, 0.4) is 0 Å². The molecule has 1 fully saturated rings. The predicted molar refractivity (Wildman–Crippen MR) is 109 cm³/mol. The number of amides is 2. The van der Waals surface area contributed by atoms with Gasteiger partial charge in [-0.15, -0.1) is 0 Å². The SMILES string of the molecule is O=C(NCCc1nc2ccccc2[nH]1)C1CC(=O)N(c2n[nH]c3ccccc23)C1. The number of nitrogens with zero attached hydrogens (tertiary/aromatic N) is 3. The summed E-state index contributed by atoms with van der Waals surface area (Å²) in [4.78, 5) is 34.5. The third kappa shape index (κ3) is 3.22. The molecule has 29 heavy (non-hydrogen) atoms. The average Bonchev–Trinajstić information content (AvgIpc) is 3.43. The molecule has 2 aromatic carbocycles. The van der Waals surface area contributed by atoms with E-state index in [1.165, 1.54) is 0 Å². The van der Waals surface area contributed by atoms with E-state index in [9.17, 15) is 9.59 Å². The summed E-state index contributed by atoms with van der Waals surface area (Å²) in [6.45, 7) is 0.804. The van der Waals surface area contributed by atoms with Crippen molar-refractivity contribution in [3.05, 3.63) is 54.4 Å². The van der Waals surface area contributed by atoms with Gasteiger partial charge in [0.2, 0.25) is 11.8 Å². The van der Waals surface area contributed by atoms with E-state index in [1.807, 2.05) is 48.5 Å². The molecule has 146 valence electrons. The lowest BCUT2D eigenvalue weighted by atomic mass is 10.1. The lowest BCUT2D eigenvalue weighted by Gasteiger charge is -2.14. The van der Waals surface area contributed by atoms with Crippen molar-refractivity contribution in [1.82, 2.24) is 25.5 Å². The first-order valence-electron chi connectivity index (χ1n) is 9.64. The van der Waals surface area contributed by atoms with E-state index in [0.717, 1.165) is 27.8 Å². The Labute approximate surface area is 166 Å². The fraction of sp³-hybridized carbons (Fsp3) is 0.238. The second-order valence-corrected chi connectivity index (χ2v) is 7.24. The van der Waals surface area contributed by atoms with Crippen molar-refractivity contribution >= 4 is 39.6 Å². The average molecular weight is 388 g/mol. The Bertz CT molecular complexity index is 1180. The number of aromatic amines is 2. The third-order valence-electron chi connectivity index (χ3n) is 5.30. The number of anilines is 1. The summed E-state index contributed by atoms with van der Waals surface area (Å²) in [5.41, 5.74) is 2.77. The summed E-state index contributed by atoms with van der Waals surface area (Å²) in [6.07, 6.45) is 0.798. The molecule has 3 N–H and O–H groups in total. The van der Waals surface area contributed by atoms with Crippen LogP contribution in [0.4, 0.5) is 5.82 Å². The highest BCUT2D eigenvalue weighted by molar-refractivity contribution is 6.05. The van der Waals surface area contributed by atoms with Crippen LogP contribution in [0.25, 0.3) is 21.9 Å². The van der Waals surface area contributed by atoms with Gasteiger partial charge >= 0.3 is 0 Å². The van der Waals surface area contributed by atoms with Gasteiger partial charge in [0, 0.05) is 31.3 Å². The number of imidazole rings is 1. The smallest absolute Gasteiger partial charge is 0.229 e. The quantitative estimate of drug-likeness (QED) is 0.487. The van der Waals surface area contributed by atoms with Crippen molar-refractivity contribution in [1.29, 1.82) is 0 Å². The molecule has 0 saturated carbocycles. The van der Waals surface area contributed by atoms with Crippen LogP contribution >= 0.6 is 0 Å². The molecule has 0 bridgehead atoms. The van der Waals surface area contributed by atoms with Gasteiger partial charge in [-0.05, 0) is 24.3 Å². The lowest BCUT2D eigenvalue weighted by Crippen LogP contribution is -2.34. The van der Waals surface area contributed by atoms with Gasteiger partial charge < -0.3 is 10.3 Å². The number of carbonyl (C=O) groups excluding carboxylic acids is 2. The zero-order valence-electron chi connectivity index (χ0n) is 15.7. The highest BCUT2D eigenvalue weighted by Gasteiger charge is 2.36. The van der Waals surface area contributed by atoms with E-state index in [-0.39, 0.29) is 24.2 Å². The maximum Gasteiger partial charge on any atom is 0.229 e. The molecule has 1 unspecified atom stereocenters. The Morgan fingerprint density at radius 3 is 2.79 bits per heavy atom. The molecular formula is C21H20N6O2. The number of benzene rings is 2. The van der Waals surface area contributed by atoms with Crippen molar-refractivity contribution in [2.45, 2.75) is 12.8 Å². The molecule has 3 heterocycles. The molecule has 1 aliphatic heterocycles. The highest BCUT2D eigenvalue weighted by atomic mass is 16.2. The number of aromatic nitrogens is 4. The zero-order valence-corrected chi connectivity index (χ0v) is 15.7. The summed E-state index contributed by atoms with van der Waals surface area (Å²) in [7, 11) is 0. The number of para-hydroxylation sites is 3. The molecule has 8 heteroatoms. The summed E-state index contributed by atoms with van der Waals surface area (Å²) in [5.74, 6) is 0.840. The minimum Gasteiger partial charge on any atom is -0.355 e. The number of fused-ring (bicyclic) bond motifs is 2. The molecule has 0 spiro atoms. The van der Waals surface area contributed by atoms with Gasteiger partial charge in [0.15, 0.2) is 5.82 Å². The van der Waals surface area contributed by atoms with Gasteiger partial charge in [-0.3, -0.25) is 19.6 Å². The summed E-state index contributed by atoms with van der Waals surface area (Å²) in [6, 6.07) is 15.5. The molecule has 1 saturated heterocycles. The fourth-order valence-electron chi connectivity index (χ4n) is 3.82. The largest absolute Gasteiger partial charge is 0.355 e. The van der Waals surface area contributed by atoms with Gasteiger partial charge in [-0.25, -0.2) is 4.98 Å². The van der Waals surface area contributed by atoms with E-state index in [1.54, 1.807) is 4.90 Å². The number of H-pyrrole nitrogens is 2. The number of hydrogen-bond donors (Lipinski definition) is 3. The Morgan fingerprint density at radius 1 is 1.14 bits per heavy atom. The second kappa shape index (κ2) is 7.05. The third-order valence-corrected chi connectivity index (χ3v) is 5.30. The standard InChI is InChI=1S/C21H20N6O2/c28-19-11-13(12-27(19)20-14-5-1-2-6-15(14)25-26-20)21(29)22-10-9-18-23-16-7-3-4-8-17(16)24-18/h1-8,13H,9-12H2,(H,22,29)(H,23,24)(H,25,26). The molecular weight excluding hydrogens is 368 g/mol. The Balaban J connectivity index is 1.21. The minimum absolute atomic E-state index is 0.0836. The van der Waals surface area contributed by atoms with Gasteiger partial charge in [0.25, 0.3) is 0 Å². The zero-order chi connectivity index (χ0) is 19.8. The van der Waals surface area contributed by atoms with Crippen LogP contribution in [0, 0.1) is 5.92 Å². The second-order valence-electron chi connectivity index (χ2n) is 7.24. The van der Waals surface area contributed by atoms with Gasteiger partial charge in [0.05, 0.1) is 22.5 Å². The Kier molecular flexibility index (Phi) is 4.23. The highest BCUT2D eigenvalue weighted by Crippen LogP contribution is 2.29. The van der Waals surface area contributed by atoms with E-state index < -0.39 is 0 Å². The Hall–Kier alpha value is -3.68. The maximum absolute atomic E-state index is 12.6. The summed E-state index contributed by atoms with van der Waals surface area (Å²) in [5, 5.41) is 11.0. The Morgan fingerprint density at radius 2 is 1.93 bits per heavy atom. The number of rotatable bonds is 5. The van der Waals surface area contributed by atoms with Crippen molar-refractivity contribution in [3.8, 4) is 0 Å². The van der Waals surface area contributed by atoms with E-state index in [4.69, 9.17) is 0 Å². The fourth-order valence-corrected chi connectivity index (χ4v) is 3.82. The van der Waals surface area contributed by atoms with Crippen molar-refractivity contribution < 1.29 is 9.59 Å². The van der Waals surface area contributed by atoms with Crippen LogP contribution in [-0.4, -0.2) is 45.1 Å². The first-order valence-corrected chi connectivity index (χ1v) is 9.64. The van der Waals surface area contributed by atoms with Gasteiger partial charge in [-0.2, -0.15) is 5.10 Å². The van der Waals surface area contributed by atoms with Crippen LogP contribution in [0.2, 0.25) is 0 Å². The van der Waals surface area contributed by atoms with E-state index in [2.05, 4.69) is 25.5 Å². The molecule has 1 aliphatic rings. The first-order chi connectivity index (χ1) is 14.2. The van der Waals surface area contributed by atoms with E-state index >= 15 is 0 Å². The molecule has 2 amide bonds. The van der Waals surface area contributed by atoms with Crippen LogP contribution < -0.4 is 10.2 Å². The van der Waals surface area contributed by atoms with E-state index in [0.29, 0.717) is 25.3 Å². The molecule has 5 rings (SSSR count). The first kappa shape index (κ1) is 17.4. The van der Waals surface area contributed by atoms with Crippen molar-refractivity contribution in [2.75, 3.05) is 18.0 Å². The number of nitrogens with one attached hydrogen (secondary N) is 3. The lowest BCUT2D eigenvalue weighted by molar-refractivity contribution is -0.126. The monoisotopic (exact) mass is 388 g/mol. The molecule has 0 aliphatic carbocycles. The predicted octanol–water partition coefficient (Wildman–Crippen LogP) is 2.15. The summed E-state index contributed by atoms with van der Waals surface area (Å²) >= 11 is 0. The van der Waals surface area contributed by atoms with Crippen LogP contribution in [0.15, 0.2) is 48.5 Å². The van der Waals surface area contributed by atoms with Gasteiger partial charge in [-0.1, -0.05) is 24.3 Å². The molecule has 4 aromatic rings. The minimum atomic E-state index is -0.381. The summed E-state index contributed by atoms with van der Waals surface area (Å²) < 4.78 is 0. The molecule has 2 aromatic heterocycles. The number of carbonyl (C=O) groups is 2. The van der Waals surface area contributed by atoms with Crippen LogP contribution in [0.1, 0.15) is 12.2 Å². The van der Waals surface area contributed by atoms with Gasteiger partial charge in [0.1, 0.15) is 5.82 Å². The maximum atomic E-state index is 12.6. The van der Waals surface area contributed by atoms with Crippen LogP contribution in [0.5, 0.6) is 0 Å². The van der Waals surface area contributed by atoms with Crippen molar-refractivity contribution in [3.63, 3.8) is 0 Å². The van der Waals surface area contributed by atoms with Crippen molar-refractivity contribution in [2.24, 2.45) is 5.92 Å². The number of hydrogen-bond acceptors (Lipinski definition) is 4.